The van der Waals surface area contributed by atoms with Crippen molar-refractivity contribution in [3.05, 3.63) is 29.8 Å². The van der Waals surface area contributed by atoms with E-state index in [9.17, 15) is 0 Å². The number of rotatable bonds is 6. The Kier molecular flexibility index (Phi) is 5.42. The maximum absolute atomic E-state index is 8.44. The predicted molar refractivity (Wildman–Crippen MR) is 65.5 cm³/mol. The van der Waals surface area contributed by atoms with Crippen molar-refractivity contribution in [1.29, 1.82) is 5.26 Å². The van der Waals surface area contributed by atoms with E-state index < -0.39 is 0 Å². The van der Waals surface area contributed by atoms with Crippen molar-refractivity contribution >= 4 is 0 Å². The molecule has 0 bridgehead atoms. The Hall–Kier alpha value is -1.49. The average molecular weight is 217 g/mol. The summed E-state index contributed by atoms with van der Waals surface area (Å²) in [5.74, 6) is 1.46. The molecule has 0 aliphatic rings. The van der Waals surface area contributed by atoms with Gasteiger partial charge in [-0.1, -0.05) is 25.5 Å². The van der Waals surface area contributed by atoms with Gasteiger partial charge in [-0.2, -0.15) is 5.26 Å². The first-order chi connectivity index (χ1) is 7.77. The lowest BCUT2D eigenvalue weighted by atomic mass is 9.95. The Balaban J connectivity index is 2.40. The molecule has 0 heterocycles. The van der Waals surface area contributed by atoms with Gasteiger partial charge in [0, 0.05) is 6.42 Å². The van der Waals surface area contributed by atoms with E-state index in [4.69, 9.17) is 10.00 Å². The number of methoxy groups -OCH3 is 1. The van der Waals surface area contributed by atoms with E-state index in [1.807, 2.05) is 12.1 Å². The van der Waals surface area contributed by atoms with Crippen LogP contribution >= 0.6 is 0 Å². The minimum absolute atomic E-state index is 0.560. The molecule has 2 nitrogen and oxygen atoms in total. The first kappa shape index (κ1) is 12.6. The Labute approximate surface area is 97.9 Å². The molecule has 0 aromatic heterocycles. The third kappa shape index (κ3) is 3.94. The number of hydrogen-bond acceptors (Lipinski definition) is 2. The highest BCUT2D eigenvalue weighted by molar-refractivity contribution is 5.28. The molecule has 0 N–H and O–H groups in total. The van der Waals surface area contributed by atoms with Crippen molar-refractivity contribution in [2.24, 2.45) is 0 Å². The van der Waals surface area contributed by atoms with E-state index in [1.54, 1.807) is 7.11 Å². The maximum atomic E-state index is 8.44. The second-order valence-electron chi connectivity index (χ2n) is 4.08. The normalized spacial score (nSPS) is 11.8. The van der Waals surface area contributed by atoms with Crippen LogP contribution in [0.2, 0.25) is 0 Å². The molecular formula is C14H19NO. The molecule has 0 radical (unpaired) electrons. The second-order valence-corrected chi connectivity index (χ2v) is 4.08. The van der Waals surface area contributed by atoms with Crippen LogP contribution in [0, 0.1) is 11.3 Å². The highest BCUT2D eigenvalue weighted by Gasteiger charge is 2.05. The summed E-state index contributed by atoms with van der Waals surface area (Å²) in [5.41, 5.74) is 1.35. The number of hydrogen-bond donors (Lipinski definition) is 0. The fourth-order valence-electron chi connectivity index (χ4n) is 1.75. The third-order valence-electron chi connectivity index (χ3n) is 2.86. The number of benzene rings is 1. The zero-order chi connectivity index (χ0) is 11.8. The molecule has 0 spiro atoms. The molecule has 0 saturated carbocycles. The molecule has 1 rings (SSSR count). The Morgan fingerprint density at radius 1 is 1.25 bits per heavy atom. The van der Waals surface area contributed by atoms with Gasteiger partial charge >= 0.3 is 0 Å². The number of unbranched alkanes of at least 4 members (excludes halogenated alkanes) is 2. The van der Waals surface area contributed by atoms with E-state index in [1.165, 1.54) is 5.56 Å². The lowest BCUT2D eigenvalue weighted by molar-refractivity contribution is 0.414. The van der Waals surface area contributed by atoms with Crippen LogP contribution in [0.1, 0.15) is 44.1 Å². The fourth-order valence-corrected chi connectivity index (χ4v) is 1.75. The fraction of sp³-hybridized carbons (Fsp3) is 0.500. The summed E-state index contributed by atoms with van der Waals surface area (Å²) in [6.45, 7) is 2.23. The molecule has 0 aliphatic carbocycles. The monoisotopic (exact) mass is 217 g/mol. The molecule has 0 fully saturated rings. The van der Waals surface area contributed by atoms with Gasteiger partial charge in [-0.05, 0) is 36.5 Å². The van der Waals surface area contributed by atoms with Crippen LogP contribution in [-0.2, 0) is 0 Å². The van der Waals surface area contributed by atoms with Crippen LogP contribution < -0.4 is 4.74 Å². The average Bonchev–Trinajstić information content (AvgIpc) is 2.34. The van der Waals surface area contributed by atoms with E-state index in [0.29, 0.717) is 12.3 Å². The summed E-state index contributed by atoms with van der Waals surface area (Å²) in [6, 6.07) is 10.4. The molecule has 16 heavy (non-hydrogen) atoms. The van der Waals surface area contributed by atoms with Crippen molar-refractivity contribution in [2.75, 3.05) is 7.11 Å². The van der Waals surface area contributed by atoms with Crippen LogP contribution in [0.4, 0.5) is 0 Å². The largest absolute Gasteiger partial charge is 0.497 e. The Morgan fingerprint density at radius 2 is 1.94 bits per heavy atom. The van der Waals surface area contributed by atoms with E-state index in [2.05, 4.69) is 25.1 Å². The van der Waals surface area contributed by atoms with Crippen LogP contribution in [0.25, 0.3) is 0 Å². The summed E-state index contributed by atoms with van der Waals surface area (Å²) < 4.78 is 5.13. The SMILES string of the molecule is COc1ccc(C(C)CCCCC#N)cc1. The van der Waals surface area contributed by atoms with Gasteiger partial charge in [0.2, 0.25) is 0 Å². The molecule has 1 unspecified atom stereocenters. The standard InChI is InChI=1S/C14H19NO/c1-12(6-4-3-5-11-15)13-7-9-14(16-2)10-8-13/h7-10,12H,3-6H2,1-2H3. The van der Waals surface area contributed by atoms with Crippen LogP contribution in [0.3, 0.4) is 0 Å². The van der Waals surface area contributed by atoms with Gasteiger partial charge in [0.1, 0.15) is 5.75 Å². The van der Waals surface area contributed by atoms with Crippen molar-refractivity contribution in [3.63, 3.8) is 0 Å². The van der Waals surface area contributed by atoms with Crippen LogP contribution in [0.15, 0.2) is 24.3 Å². The molecular weight excluding hydrogens is 198 g/mol. The topological polar surface area (TPSA) is 33.0 Å². The minimum Gasteiger partial charge on any atom is -0.497 e. The first-order valence-electron chi connectivity index (χ1n) is 5.79. The van der Waals surface area contributed by atoms with Crippen molar-refractivity contribution in [1.82, 2.24) is 0 Å². The van der Waals surface area contributed by atoms with Gasteiger partial charge in [0.15, 0.2) is 0 Å². The quantitative estimate of drug-likeness (QED) is 0.677. The van der Waals surface area contributed by atoms with Gasteiger partial charge in [0.05, 0.1) is 13.2 Å². The highest BCUT2D eigenvalue weighted by Crippen LogP contribution is 2.23. The van der Waals surface area contributed by atoms with Crippen LogP contribution in [0.5, 0.6) is 5.75 Å². The van der Waals surface area contributed by atoms with Crippen molar-refractivity contribution < 1.29 is 4.74 Å². The minimum atomic E-state index is 0.560. The molecule has 2 heteroatoms. The van der Waals surface area contributed by atoms with Gasteiger partial charge in [-0.15, -0.1) is 0 Å². The number of nitrogens with zero attached hydrogens (tertiary/aromatic N) is 1. The van der Waals surface area contributed by atoms with Crippen LogP contribution in [-0.4, -0.2) is 7.11 Å². The Bertz CT molecular complexity index is 337. The smallest absolute Gasteiger partial charge is 0.118 e. The number of nitriles is 1. The zero-order valence-corrected chi connectivity index (χ0v) is 10.1. The molecule has 0 aliphatic heterocycles. The van der Waals surface area contributed by atoms with Crippen molar-refractivity contribution in [3.8, 4) is 11.8 Å². The lowest BCUT2D eigenvalue weighted by Gasteiger charge is -2.11. The molecule has 0 saturated heterocycles. The predicted octanol–water partition coefficient (Wildman–Crippen LogP) is 3.88. The molecule has 1 atom stereocenters. The Morgan fingerprint density at radius 3 is 2.50 bits per heavy atom. The van der Waals surface area contributed by atoms with E-state index in [-0.39, 0.29) is 0 Å². The van der Waals surface area contributed by atoms with E-state index in [0.717, 1.165) is 25.0 Å². The maximum Gasteiger partial charge on any atom is 0.118 e. The van der Waals surface area contributed by atoms with Gasteiger partial charge < -0.3 is 4.74 Å². The van der Waals surface area contributed by atoms with E-state index >= 15 is 0 Å². The molecule has 1 aromatic carbocycles. The van der Waals surface area contributed by atoms with Gasteiger partial charge in [0.25, 0.3) is 0 Å². The molecule has 86 valence electrons. The van der Waals surface area contributed by atoms with Gasteiger partial charge in [-0.25, -0.2) is 0 Å². The molecule has 0 amide bonds. The molecule has 1 aromatic rings. The van der Waals surface area contributed by atoms with Crippen molar-refractivity contribution in [2.45, 2.75) is 38.5 Å². The highest BCUT2D eigenvalue weighted by atomic mass is 16.5. The van der Waals surface area contributed by atoms with Gasteiger partial charge in [-0.3, -0.25) is 0 Å². The third-order valence-corrected chi connectivity index (χ3v) is 2.86. The number of ether oxygens (including phenoxy) is 1. The zero-order valence-electron chi connectivity index (χ0n) is 10.1. The lowest BCUT2D eigenvalue weighted by Crippen LogP contribution is -1.94. The summed E-state index contributed by atoms with van der Waals surface area (Å²) in [5, 5.41) is 8.44. The summed E-state index contributed by atoms with van der Waals surface area (Å²) >= 11 is 0. The summed E-state index contributed by atoms with van der Waals surface area (Å²) in [7, 11) is 1.68. The summed E-state index contributed by atoms with van der Waals surface area (Å²) in [6.07, 6.45) is 3.96. The summed E-state index contributed by atoms with van der Waals surface area (Å²) in [4.78, 5) is 0. The second kappa shape index (κ2) is 6.90. The first-order valence-corrected chi connectivity index (χ1v) is 5.79.